The molecule has 1 aliphatic carbocycles. The molecule has 0 fully saturated rings. The second-order valence-electron chi connectivity index (χ2n) is 3.79. The van der Waals surface area contributed by atoms with Gasteiger partial charge >= 0.3 is 0 Å². The predicted molar refractivity (Wildman–Crippen MR) is 57.8 cm³/mol. The molecule has 1 atom stereocenters. The number of hydrogen-bond acceptors (Lipinski definition) is 2. The number of rotatable bonds is 5. The maximum Gasteiger partial charge on any atom is 0.220 e. The Hall–Kier alpha value is -0.830. The minimum atomic E-state index is 0.179. The van der Waals surface area contributed by atoms with Crippen molar-refractivity contribution in [3.8, 4) is 0 Å². The van der Waals surface area contributed by atoms with Gasteiger partial charge in [-0.3, -0.25) is 4.79 Å². The van der Waals surface area contributed by atoms with E-state index < -0.39 is 0 Å². The number of carbonyl (C=O) groups excluding carboxylic acids is 1. The Morgan fingerprint density at radius 1 is 1.43 bits per heavy atom. The average molecular weight is 196 g/mol. The number of nitrogens with one attached hydrogen (secondary N) is 1. The van der Waals surface area contributed by atoms with Crippen LogP contribution in [0.25, 0.3) is 0 Å². The van der Waals surface area contributed by atoms with Crippen LogP contribution in [-0.2, 0) is 4.79 Å². The molecule has 1 unspecified atom stereocenters. The van der Waals surface area contributed by atoms with Crippen molar-refractivity contribution in [1.29, 1.82) is 0 Å². The molecule has 3 N–H and O–H groups in total. The fourth-order valence-corrected chi connectivity index (χ4v) is 1.65. The summed E-state index contributed by atoms with van der Waals surface area (Å²) in [5.74, 6) is 0.179. The first-order valence-electron chi connectivity index (χ1n) is 5.47. The molecule has 0 aliphatic heterocycles. The second-order valence-corrected chi connectivity index (χ2v) is 3.79. The summed E-state index contributed by atoms with van der Waals surface area (Å²) < 4.78 is 0. The molecular weight excluding hydrogens is 176 g/mol. The minimum Gasteiger partial charge on any atom is -0.353 e. The molecule has 1 aliphatic rings. The highest BCUT2D eigenvalue weighted by Gasteiger charge is 2.11. The van der Waals surface area contributed by atoms with Crippen LogP contribution >= 0.6 is 0 Å². The van der Waals surface area contributed by atoms with E-state index in [1.54, 1.807) is 0 Å². The van der Waals surface area contributed by atoms with Gasteiger partial charge in [0, 0.05) is 12.5 Å². The van der Waals surface area contributed by atoms with Crippen LogP contribution in [0.4, 0.5) is 0 Å². The van der Waals surface area contributed by atoms with Crippen LogP contribution in [0, 0.1) is 0 Å². The summed E-state index contributed by atoms with van der Waals surface area (Å²) in [7, 11) is 0. The second kappa shape index (κ2) is 6.60. The van der Waals surface area contributed by atoms with Crippen molar-refractivity contribution < 1.29 is 4.79 Å². The van der Waals surface area contributed by atoms with E-state index in [2.05, 4.69) is 17.5 Å². The van der Waals surface area contributed by atoms with E-state index in [4.69, 9.17) is 5.73 Å². The topological polar surface area (TPSA) is 55.1 Å². The lowest BCUT2D eigenvalue weighted by molar-refractivity contribution is -0.121. The van der Waals surface area contributed by atoms with Gasteiger partial charge in [0.2, 0.25) is 5.91 Å². The molecule has 0 bridgehead atoms. The van der Waals surface area contributed by atoms with Gasteiger partial charge < -0.3 is 11.1 Å². The third-order valence-electron chi connectivity index (χ3n) is 2.49. The van der Waals surface area contributed by atoms with Gasteiger partial charge in [-0.25, -0.2) is 0 Å². The number of unbranched alkanes of at least 4 members (excludes halogenated alkanes) is 1. The van der Waals surface area contributed by atoms with Gasteiger partial charge in [0.15, 0.2) is 0 Å². The van der Waals surface area contributed by atoms with Crippen molar-refractivity contribution >= 4 is 5.91 Å². The number of hydrogen-bond donors (Lipinski definition) is 2. The molecular formula is C11H20N2O. The summed E-state index contributed by atoms with van der Waals surface area (Å²) in [4.78, 5) is 11.4. The molecule has 3 heteroatoms. The molecule has 3 nitrogen and oxygen atoms in total. The Labute approximate surface area is 85.7 Å². The van der Waals surface area contributed by atoms with Crippen LogP contribution in [0.15, 0.2) is 12.2 Å². The van der Waals surface area contributed by atoms with E-state index in [-0.39, 0.29) is 5.91 Å². The van der Waals surface area contributed by atoms with Gasteiger partial charge in [-0.1, -0.05) is 12.2 Å². The smallest absolute Gasteiger partial charge is 0.220 e. The van der Waals surface area contributed by atoms with Crippen molar-refractivity contribution in [3.05, 3.63) is 12.2 Å². The molecule has 0 radical (unpaired) electrons. The minimum absolute atomic E-state index is 0.179. The first kappa shape index (κ1) is 11.2. The van der Waals surface area contributed by atoms with Crippen molar-refractivity contribution in [2.75, 3.05) is 6.54 Å². The number of amides is 1. The van der Waals surface area contributed by atoms with Crippen LogP contribution in [0.1, 0.15) is 38.5 Å². The van der Waals surface area contributed by atoms with E-state index in [1.165, 1.54) is 0 Å². The molecule has 0 aromatic heterocycles. The Morgan fingerprint density at radius 2 is 2.29 bits per heavy atom. The van der Waals surface area contributed by atoms with Gasteiger partial charge in [0.1, 0.15) is 0 Å². The van der Waals surface area contributed by atoms with E-state index in [0.717, 1.165) is 32.1 Å². The van der Waals surface area contributed by atoms with Crippen molar-refractivity contribution in [3.63, 3.8) is 0 Å². The van der Waals surface area contributed by atoms with E-state index in [1.807, 2.05) is 0 Å². The lowest BCUT2D eigenvalue weighted by Gasteiger charge is -2.19. The standard InChI is InChI=1S/C11H20N2O/c12-9-5-4-8-11(14)13-10-6-2-1-3-7-10/h1-2,10H,3-9,12H2,(H,13,14). The molecule has 1 amide bonds. The molecule has 80 valence electrons. The zero-order chi connectivity index (χ0) is 10.2. The Kier molecular flexibility index (Phi) is 5.30. The van der Waals surface area contributed by atoms with Crippen LogP contribution in [0.2, 0.25) is 0 Å². The van der Waals surface area contributed by atoms with Gasteiger partial charge in [-0.15, -0.1) is 0 Å². The van der Waals surface area contributed by atoms with Crippen molar-refractivity contribution in [2.45, 2.75) is 44.6 Å². The zero-order valence-corrected chi connectivity index (χ0v) is 8.67. The Morgan fingerprint density at radius 3 is 2.93 bits per heavy atom. The largest absolute Gasteiger partial charge is 0.353 e. The van der Waals surface area contributed by atoms with Gasteiger partial charge in [-0.05, 0) is 38.6 Å². The van der Waals surface area contributed by atoms with Crippen LogP contribution in [0.5, 0.6) is 0 Å². The molecule has 14 heavy (non-hydrogen) atoms. The summed E-state index contributed by atoms with van der Waals surface area (Å²) in [6.45, 7) is 0.680. The van der Waals surface area contributed by atoms with E-state index in [9.17, 15) is 4.79 Å². The fraction of sp³-hybridized carbons (Fsp3) is 0.727. The fourth-order valence-electron chi connectivity index (χ4n) is 1.65. The lowest BCUT2D eigenvalue weighted by atomic mass is 10.0. The van der Waals surface area contributed by atoms with Crippen LogP contribution < -0.4 is 11.1 Å². The molecule has 1 rings (SSSR count). The van der Waals surface area contributed by atoms with Gasteiger partial charge in [0.05, 0.1) is 0 Å². The molecule has 0 heterocycles. The predicted octanol–water partition coefficient (Wildman–Crippen LogP) is 1.34. The maximum atomic E-state index is 11.4. The van der Waals surface area contributed by atoms with Crippen LogP contribution in [-0.4, -0.2) is 18.5 Å². The van der Waals surface area contributed by atoms with Crippen LogP contribution in [0.3, 0.4) is 0 Å². The third kappa shape index (κ3) is 4.42. The summed E-state index contributed by atoms with van der Waals surface area (Å²) in [5.41, 5.74) is 5.36. The monoisotopic (exact) mass is 196 g/mol. The molecule has 0 saturated heterocycles. The van der Waals surface area contributed by atoms with Crippen molar-refractivity contribution in [2.24, 2.45) is 5.73 Å². The van der Waals surface area contributed by atoms with E-state index >= 15 is 0 Å². The summed E-state index contributed by atoms with van der Waals surface area (Å²) in [6, 6.07) is 0.366. The third-order valence-corrected chi connectivity index (χ3v) is 2.49. The Balaban J connectivity index is 2.10. The first-order chi connectivity index (χ1) is 6.83. The summed E-state index contributed by atoms with van der Waals surface area (Å²) in [6.07, 6.45) is 9.96. The van der Waals surface area contributed by atoms with E-state index in [0.29, 0.717) is 19.0 Å². The molecule has 0 aromatic carbocycles. The highest BCUT2D eigenvalue weighted by Crippen LogP contribution is 2.10. The number of carbonyl (C=O) groups is 1. The molecule has 0 saturated carbocycles. The van der Waals surface area contributed by atoms with Gasteiger partial charge in [-0.2, -0.15) is 0 Å². The molecule has 0 spiro atoms. The number of allylic oxidation sites excluding steroid dienone is 1. The quantitative estimate of drug-likeness (QED) is 0.515. The van der Waals surface area contributed by atoms with Gasteiger partial charge in [0.25, 0.3) is 0 Å². The highest BCUT2D eigenvalue weighted by molar-refractivity contribution is 5.76. The normalized spacial score (nSPS) is 20.8. The summed E-state index contributed by atoms with van der Waals surface area (Å²) >= 11 is 0. The average Bonchev–Trinajstić information content (AvgIpc) is 2.20. The van der Waals surface area contributed by atoms with Crippen molar-refractivity contribution in [1.82, 2.24) is 5.32 Å². The number of nitrogens with two attached hydrogens (primary N) is 1. The molecule has 0 aromatic rings. The lowest BCUT2D eigenvalue weighted by Crippen LogP contribution is -2.35. The SMILES string of the molecule is NCCCCC(=O)NC1CC=CCC1. The Bertz CT molecular complexity index is 201. The zero-order valence-electron chi connectivity index (χ0n) is 8.67. The first-order valence-corrected chi connectivity index (χ1v) is 5.47. The summed E-state index contributed by atoms with van der Waals surface area (Å²) in [5, 5.41) is 3.05. The highest BCUT2D eigenvalue weighted by atomic mass is 16.1. The maximum absolute atomic E-state index is 11.4.